The van der Waals surface area contributed by atoms with E-state index < -0.39 is 17.1 Å². The maximum absolute atomic E-state index is 12.3. The highest BCUT2D eigenvalue weighted by Crippen LogP contribution is 2.19. The number of esters is 1. The number of hydrogen-bond acceptors (Lipinski definition) is 6. The fourth-order valence-corrected chi connectivity index (χ4v) is 2.00. The number of aromatic nitrogens is 2. The van der Waals surface area contributed by atoms with Crippen molar-refractivity contribution in [2.75, 3.05) is 6.61 Å². The Kier molecular flexibility index (Phi) is 4.02. The Hall–Kier alpha value is -2.70. The maximum atomic E-state index is 12.3. The Morgan fingerprint density at radius 3 is 2.76 bits per heavy atom. The maximum Gasteiger partial charge on any atom is 0.343 e. The summed E-state index contributed by atoms with van der Waals surface area (Å²) in [6, 6.07) is 1.14. The van der Waals surface area contributed by atoms with Crippen molar-refractivity contribution < 1.29 is 19.4 Å². The molecule has 0 spiro atoms. The van der Waals surface area contributed by atoms with Crippen LogP contribution in [0.3, 0.4) is 0 Å². The molecule has 2 aromatic rings. The van der Waals surface area contributed by atoms with Crippen LogP contribution < -0.4 is 5.43 Å². The molecule has 1 N–H and O–H groups in total. The van der Waals surface area contributed by atoms with Crippen LogP contribution in [0.4, 0.5) is 0 Å². The van der Waals surface area contributed by atoms with Crippen molar-refractivity contribution in [2.24, 2.45) is 0 Å². The molecule has 0 atom stereocenters. The fraction of sp³-hybridized carbons (Fsp3) is 0.286. The van der Waals surface area contributed by atoms with E-state index >= 15 is 0 Å². The molecule has 21 heavy (non-hydrogen) atoms. The standard InChI is InChI=1S/C14H14N2O5/c1-3-16-6-9(14(20)21-4-2)12(19)8-5-11(18)10(7-17)15-13(8)16/h5-7,18H,3-4H2,1-2H3. The van der Waals surface area contributed by atoms with Crippen LogP contribution in [-0.2, 0) is 11.3 Å². The Labute approximate surface area is 119 Å². The Bertz CT molecular complexity index is 779. The van der Waals surface area contributed by atoms with Crippen LogP contribution in [0.1, 0.15) is 34.7 Å². The Morgan fingerprint density at radius 2 is 2.19 bits per heavy atom. The summed E-state index contributed by atoms with van der Waals surface area (Å²) >= 11 is 0. The van der Waals surface area contributed by atoms with Crippen molar-refractivity contribution in [3.8, 4) is 5.75 Å². The summed E-state index contributed by atoms with van der Waals surface area (Å²) < 4.78 is 6.39. The van der Waals surface area contributed by atoms with Crippen LogP contribution in [-0.4, -0.2) is 33.5 Å². The minimum Gasteiger partial charge on any atom is -0.506 e. The highest BCUT2D eigenvalue weighted by Gasteiger charge is 2.18. The molecule has 7 nitrogen and oxygen atoms in total. The summed E-state index contributed by atoms with van der Waals surface area (Å²) in [6.45, 7) is 4.02. The number of fused-ring (bicyclic) bond motifs is 1. The van der Waals surface area contributed by atoms with Gasteiger partial charge in [-0.25, -0.2) is 9.78 Å². The van der Waals surface area contributed by atoms with E-state index in [1.54, 1.807) is 18.4 Å². The summed E-state index contributed by atoms with van der Waals surface area (Å²) in [5.41, 5.74) is -0.650. The van der Waals surface area contributed by atoms with Gasteiger partial charge >= 0.3 is 5.97 Å². The first-order valence-electron chi connectivity index (χ1n) is 6.42. The van der Waals surface area contributed by atoms with E-state index in [1.165, 1.54) is 6.20 Å². The smallest absolute Gasteiger partial charge is 0.343 e. The molecule has 7 heteroatoms. The predicted molar refractivity (Wildman–Crippen MR) is 74.7 cm³/mol. The van der Waals surface area contributed by atoms with E-state index in [1.807, 2.05) is 0 Å². The van der Waals surface area contributed by atoms with Crippen molar-refractivity contribution in [2.45, 2.75) is 20.4 Å². The molecule has 110 valence electrons. The van der Waals surface area contributed by atoms with Gasteiger partial charge < -0.3 is 14.4 Å². The number of hydrogen-bond donors (Lipinski definition) is 1. The van der Waals surface area contributed by atoms with Gasteiger partial charge in [-0.15, -0.1) is 0 Å². The first kappa shape index (κ1) is 14.7. The van der Waals surface area contributed by atoms with Gasteiger partial charge in [0.2, 0.25) is 5.43 Å². The third kappa shape index (κ3) is 2.49. The molecule has 0 amide bonds. The van der Waals surface area contributed by atoms with Gasteiger partial charge in [-0.3, -0.25) is 9.59 Å². The third-order valence-electron chi connectivity index (χ3n) is 3.00. The number of aryl methyl sites for hydroxylation is 1. The molecule has 0 fully saturated rings. The minimum absolute atomic E-state index is 0.0607. The van der Waals surface area contributed by atoms with Crippen LogP contribution >= 0.6 is 0 Å². The van der Waals surface area contributed by atoms with E-state index in [0.717, 1.165) is 6.07 Å². The fourth-order valence-electron chi connectivity index (χ4n) is 2.00. The first-order chi connectivity index (χ1) is 10.0. The van der Waals surface area contributed by atoms with E-state index in [2.05, 4.69) is 4.98 Å². The molecule has 0 aliphatic heterocycles. The second-order valence-corrected chi connectivity index (χ2v) is 4.26. The van der Waals surface area contributed by atoms with Crippen LogP contribution in [0.15, 0.2) is 17.1 Å². The number of aromatic hydroxyl groups is 1. The molecule has 0 aromatic carbocycles. The van der Waals surface area contributed by atoms with Crippen LogP contribution in [0, 0.1) is 0 Å². The summed E-state index contributed by atoms with van der Waals surface area (Å²) in [5, 5.41) is 9.73. The lowest BCUT2D eigenvalue weighted by Crippen LogP contribution is -2.21. The van der Waals surface area contributed by atoms with Crippen LogP contribution in [0.2, 0.25) is 0 Å². The van der Waals surface area contributed by atoms with Gasteiger partial charge in [0, 0.05) is 12.7 Å². The number of ether oxygens (including phenoxy) is 1. The lowest BCUT2D eigenvalue weighted by atomic mass is 10.1. The average molecular weight is 290 g/mol. The zero-order valence-electron chi connectivity index (χ0n) is 11.6. The van der Waals surface area contributed by atoms with Crippen molar-refractivity contribution in [3.05, 3.63) is 33.7 Å². The molecule has 2 heterocycles. The summed E-state index contributed by atoms with van der Waals surface area (Å²) in [7, 11) is 0. The zero-order valence-corrected chi connectivity index (χ0v) is 11.6. The molecule has 0 saturated heterocycles. The monoisotopic (exact) mass is 290 g/mol. The van der Waals surface area contributed by atoms with Crippen molar-refractivity contribution in [3.63, 3.8) is 0 Å². The van der Waals surface area contributed by atoms with E-state index in [-0.39, 0.29) is 28.9 Å². The molecule has 0 bridgehead atoms. The lowest BCUT2D eigenvalue weighted by Gasteiger charge is -2.11. The molecule has 2 rings (SSSR count). The van der Waals surface area contributed by atoms with Gasteiger partial charge in [0.25, 0.3) is 0 Å². The average Bonchev–Trinajstić information content (AvgIpc) is 2.47. The largest absolute Gasteiger partial charge is 0.506 e. The van der Waals surface area contributed by atoms with Crippen LogP contribution in [0.5, 0.6) is 5.75 Å². The van der Waals surface area contributed by atoms with Crippen molar-refractivity contribution in [1.29, 1.82) is 0 Å². The van der Waals surface area contributed by atoms with Gasteiger partial charge in [0.15, 0.2) is 6.29 Å². The summed E-state index contributed by atoms with van der Waals surface area (Å²) in [4.78, 5) is 38.9. The SMILES string of the molecule is CCOC(=O)c1cn(CC)c2nc(C=O)c(O)cc2c1=O. The molecule has 0 radical (unpaired) electrons. The second-order valence-electron chi connectivity index (χ2n) is 4.26. The topological polar surface area (TPSA) is 98.5 Å². The Morgan fingerprint density at radius 1 is 1.48 bits per heavy atom. The minimum atomic E-state index is -0.731. The molecule has 0 aliphatic rings. The summed E-state index contributed by atoms with van der Waals surface area (Å²) in [5.74, 6) is -1.14. The number of rotatable bonds is 4. The summed E-state index contributed by atoms with van der Waals surface area (Å²) in [6.07, 6.45) is 1.75. The van der Waals surface area contributed by atoms with Crippen molar-refractivity contribution in [1.82, 2.24) is 9.55 Å². The number of nitrogens with zero attached hydrogens (tertiary/aromatic N) is 2. The predicted octanol–water partition coefficient (Wildman–Crippen LogP) is 1.11. The third-order valence-corrected chi connectivity index (χ3v) is 3.00. The van der Waals surface area contributed by atoms with Gasteiger partial charge in [0.1, 0.15) is 22.7 Å². The second kappa shape index (κ2) is 5.74. The first-order valence-corrected chi connectivity index (χ1v) is 6.42. The van der Waals surface area contributed by atoms with Crippen LogP contribution in [0.25, 0.3) is 11.0 Å². The van der Waals surface area contributed by atoms with Gasteiger partial charge in [-0.1, -0.05) is 0 Å². The van der Waals surface area contributed by atoms with E-state index in [0.29, 0.717) is 12.8 Å². The lowest BCUT2D eigenvalue weighted by molar-refractivity contribution is 0.0524. The van der Waals surface area contributed by atoms with E-state index in [9.17, 15) is 19.5 Å². The van der Waals surface area contributed by atoms with Gasteiger partial charge in [-0.2, -0.15) is 0 Å². The number of carbonyl (C=O) groups excluding carboxylic acids is 2. The van der Waals surface area contributed by atoms with Crippen molar-refractivity contribution >= 4 is 23.3 Å². The number of pyridine rings is 2. The normalized spacial score (nSPS) is 10.6. The highest BCUT2D eigenvalue weighted by atomic mass is 16.5. The van der Waals surface area contributed by atoms with E-state index in [4.69, 9.17) is 4.74 Å². The molecule has 0 aliphatic carbocycles. The Balaban J connectivity index is 2.83. The molecule has 2 aromatic heterocycles. The van der Waals surface area contributed by atoms with Gasteiger partial charge in [0.05, 0.1) is 12.0 Å². The van der Waals surface area contributed by atoms with Gasteiger partial charge in [-0.05, 0) is 19.9 Å². The number of carbonyl (C=O) groups is 2. The highest BCUT2D eigenvalue weighted by molar-refractivity contribution is 5.94. The molecular weight excluding hydrogens is 276 g/mol. The quantitative estimate of drug-likeness (QED) is 0.669. The molecular formula is C14H14N2O5. The molecule has 0 saturated carbocycles. The number of aldehydes is 1. The zero-order chi connectivity index (χ0) is 15.6. The molecule has 0 unspecified atom stereocenters.